The van der Waals surface area contributed by atoms with Crippen LogP contribution in [0, 0.1) is 17.8 Å². The fourth-order valence-corrected chi connectivity index (χ4v) is 12.3. The Labute approximate surface area is 295 Å². The van der Waals surface area contributed by atoms with Gasteiger partial charge in [0.1, 0.15) is 0 Å². The molecule has 2 fully saturated rings. The molecule has 8 heteroatoms. The average Bonchev–Trinajstić information content (AvgIpc) is 3.36. The number of carbonyl (C=O) groups excluding carboxylic acids is 2. The number of benzene rings is 3. The summed E-state index contributed by atoms with van der Waals surface area (Å²) in [6.07, 6.45) is 4.77. The summed E-state index contributed by atoms with van der Waals surface area (Å²) in [6, 6.07) is 31.1. The summed E-state index contributed by atoms with van der Waals surface area (Å²) >= 11 is 3.37. The van der Waals surface area contributed by atoms with Crippen LogP contribution in [-0.2, 0) is 23.8 Å². The second kappa shape index (κ2) is 17.4. The van der Waals surface area contributed by atoms with E-state index in [9.17, 15) is 9.59 Å². The number of cyclic esters (lactones) is 1. The summed E-state index contributed by atoms with van der Waals surface area (Å²) in [5, 5.41) is 0. The van der Waals surface area contributed by atoms with E-state index in [-0.39, 0.29) is 37.6 Å². The molecular formula is C39H48O5S2Se. The zero-order valence-electron chi connectivity index (χ0n) is 27.9. The number of carbonyl (C=O) groups is 2. The summed E-state index contributed by atoms with van der Waals surface area (Å²) in [7, 11) is 0. The molecule has 1 saturated carbocycles. The van der Waals surface area contributed by atoms with Crippen LogP contribution in [0.25, 0.3) is 0 Å². The van der Waals surface area contributed by atoms with Gasteiger partial charge in [-0.3, -0.25) is 0 Å². The fraction of sp³-hybridized carbons (Fsp3) is 0.487. The average molecular weight is 740 g/mol. The summed E-state index contributed by atoms with van der Waals surface area (Å²) < 4.78 is 19.3. The number of ether oxygens (including phenoxy) is 3. The van der Waals surface area contributed by atoms with Gasteiger partial charge in [-0.25, -0.2) is 0 Å². The molecule has 1 aliphatic heterocycles. The topological polar surface area (TPSA) is 61.8 Å². The van der Waals surface area contributed by atoms with E-state index in [1.807, 2.05) is 53.9 Å². The van der Waals surface area contributed by atoms with Gasteiger partial charge in [0.2, 0.25) is 0 Å². The van der Waals surface area contributed by atoms with Crippen LogP contribution in [0.5, 0.6) is 0 Å². The standard InChI is InChI=1S/C39H48O5S2Se/c1-27(2)33-24-23-28(3)25-34(33)43-36-26-39(38(41)44-36,47-32-19-12-7-13-20-32)35(42-29(4)40)21-14-22-37(45-30-15-8-5-9-16-30)46-31-17-10-6-11-18-31/h5-13,15-20,27-28,33-37H,14,21-26H2,1-4H3/t28-,33+,34-,35-,36-,39?/m1/s1. The third kappa shape index (κ3) is 10.1. The third-order valence-electron chi connectivity index (χ3n) is 9.14. The van der Waals surface area contributed by atoms with Gasteiger partial charge in [-0.05, 0) is 0 Å². The van der Waals surface area contributed by atoms with Gasteiger partial charge >= 0.3 is 297 Å². The summed E-state index contributed by atoms with van der Waals surface area (Å²) in [5.74, 6) is 0.841. The summed E-state index contributed by atoms with van der Waals surface area (Å²) in [4.78, 5) is 29.2. The minimum atomic E-state index is -0.965. The second-order valence-corrected chi connectivity index (χ2v) is 19.0. The Morgan fingerprint density at radius 2 is 1.51 bits per heavy atom. The van der Waals surface area contributed by atoms with Gasteiger partial charge < -0.3 is 0 Å². The van der Waals surface area contributed by atoms with Gasteiger partial charge in [-0.15, -0.1) is 0 Å². The minimum absolute atomic E-state index is 0.0505. The molecule has 0 bridgehead atoms. The van der Waals surface area contributed by atoms with Gasteiger partial charge in [0.05, 0.1) is 0 Å². The van der Waals surface area contributed by atoms with Crippen molar-refractivity contribution in [1.82, 2.24) is 0 Å². The molecule has 1 aliphatic carbocycles. The van der Waals surface area contributed by atoms with Crippen LogP contribution in [0.1, 0.15) is 72.6 Å². The van der Waals surface area contributed by atoms with Crippen molar-refractivity contribution < 1.29 is 23.8 Å². The van der Waals surface area contributed by atoms with Crippen molar-refractivity contribution in [2.24, 2.45) is 17.8 Å². The molecule has 2 aliphatic rings. The summed E-state index contributed by atoms with van der Waals surface area (Å²) in [6.45, 7) is 8.25. The molecule has 6 atom stereocenters. The Hall–Kier alpha value is -2.22. The molecule has 1 heterocycles. The van der Waals surface area contributed by atoms with E-state index in [0.717, 1.165) is 30.1 Å². The van der Waals surface area contributed by atoms with Crippen LogP contribution < -0.4 is 4.46 Å². The van der Waals surface area contributed by atoms with E-state index in [1.165, 1.54) is 23.1 Å². The summed E-state index contributed by atoms with van der Waals surface area (Å²) in [5.41, 5.74) is 0. The van der Waals surface area contributed by atoms with Crippen molar-refractivity contribution in [2.75, 3.05) is 0 Å². The monoisotopic (exact) mass is 740 g/mol. The van der Waals surface area contributed by atoms with Gasteiger partial charge in [-0.2, -0.15) is 0 Å². The van der Waals surface area contributed by atoms with Crippen molar-refractivity contribution in [3.8, 4) is 0 Å². The fourth-order valence-electron chi connectivity index (χ4n) is 6.75. The molecule has 47 heavy (non-hydrogen) atoms. The normalized spacial score (nSPS) is 25.1. The first-order valence-corrected chi connectivity index (χ1v) is 20.4. The molecule has 0 aromatic heterocycles. The molecule has 3 aromatic carbocycles. The molecule has 5 rings (SSSR count). The molecule has 1 saturated heterocycles. The van der Waals surface area contributed by atoms with Crippen LogP contribution in [-0.4, -0.2) is 50.0 Å². The molecule has 0 spiro atoms. The number of rotatable bonds is 15. The zero-order valence-corrected chi connectivity index (χ0v) is 31.3. The van der Waals surface area contributed by atoms with Crippen molar-refractivity contribution in [2.45, 2.75) is 110 Å². The van der Waals surface area contributed by atoms with Crippen molar-refractivity contribution in [3.05, 3.63) is 91.0 Å². The molecular weight excluding hydrogens is 692 g/mol. The third-order valence-corrected chi connectivity index (χ3v) is 14.9. The molecule has 0 amide bonds. The molecule has 0 radical (unpaired) electrons. The molecule has 252 valence electrons. The Morgan fingerprint density at radius 3 is 2.09 bits per heavy atom. The maximum atomic E-state index is 14.1. The van der Waals surface area contributed by atoms with E-state index in [2.05, 4.69) is 81.4 Å². The molecule has 1 unspecified atom stereocenters. The molecule has 5 nitrogen and oxygen atoms in total. The van der Waals surface area contributed by atoms with E-state index < -0.39 is 16.7 Å². The second-order valence-electron chi connectivity index (χ2n) is 13.2. The van der Waals surface area contributed by atoms with E-state index in [0.29, 0.717) is 30.6 Å². The van der Waals surface area contributed by atoms with Crippen LogP contribution >= 0.6 is 23.5 Å². The Balaban J connectivity index is 1.36. The number of hydrogen-bond acceptors (Lipinski definition) is 7. The maximum absolute atomic E-state index is 14.1. The molecule has 0 N–H and O–H groups in total. The Bertz CT molecular complexity index is 1370. The van der Waals surface area contributed by atoms with Crippen LogP contribution in [0.15, 0.2) is 101 Å². The Kier molecular flexibility index (Phi) is 13.4. The van der Waals surface area contributed by atoms with Crippen molar-refractivity contribution in [3.63, 3.8) is 0 Å². The predicted molar refractivity (Wildman–Crippen MR) is 193 cm³/mol. The molecule has 3 aromatic rings. The predicted octanol–water partition coefficient (Wildman–Crippen LogP) is 8.94. The van der Waals surface area contributed by atoms with Gasteiger partial charge in [0, 0.05) is 0 Å². The first-order chi connectivity index (χ1) is 22.7. The van der Waals surface area contributed by atoms with Crippen LogP contribution in [0.2, 0.25) is 4.31 Å². The number of esters is 2. The first kappa shape index (κ1) is 36.1. The number of thioether (sulfide) groups is 2. The van der Waals surface area contributed by atoms with Crippen LogP contribution in [0.3, 0.4) is 0 Å². The Morgan fingerprint density at radius 1 is 0.915 bits per heavy atom. The van der Waals surface area contributed by atoms with E-state index in [4.69, 9.17) is 14.2 Å². The SMILES string of the molecule is CC(=O)O[C@H](CCCC(Sc1ccccc1)Sc1ccccc1)C1([Se]c2ccccc2)C[C@H](O[C@@H]2C[C@H](C)CC[C@H]2C(C)C)OC1=O. The van der Waals surface area contributed by atoms with E-state index in [1.54, 1.807) is 0 Å². The van der Waals surface area contributed by atoms with E-state index >= 15 is 0 Å². The zero-order chi connectivity index (χ0) is 33.2. The quantitative estimate of drug-likeness (QED) is 0.0668. The van der Waals surface area contributed by atoms with Crippen LogP contribution in [0.4, 0.5) is 0 Å². The van der Waals surface area contributed by atoms with Crippen molar-refractivity contribution in [1.29, 1.82) is 0 Å². The number of hydrogen-bond donors (Lipinski definition) is 0. The first-order valence-electron chi connectivity index (χ1n) is 16.9. The van der Waals surface area contributed by atoms with Gasteiger partial charge in [0.25, 0.3) is 0 Å². The van der Waals surface area contributed by atoms with Gasteiger partial charge in [0.15, 0.2) is 0 Å². The van der Waals surface area contributed by atoms with Gasteiger partial charge in [-0.1, -0.05) is 0 Å². The van der Waals surface area contributed by atoms with Crippen molar-refractivity contribution >= 4 is 54.9 Å².